The molecule has 164 valence electrons. The van der Waals surface area contributed by atoms with Gasteiger partial charge in [-0.25, -0.2) is 4.68 Å². The zero-order valence-electron chi connectivity index (χ0n) is 18.3. The Kier molecular flexibility index (Phi) is 4.91. The Morgan fingerprint density at radius 1 is 0.879 bits per heavy atom. The fraction of sp³-hybridized carbons (Fsp3) is 0.222. The maximum atomic E-state index is 13.8. The quantitative estimate of drug-likeness (QED) is 0.463. The van der Waals surface area contributed by atoms with Gasteiger partial charge in [0.2, 0.25) is 0 Å². The van der Waals surface area contributed by atoms with Crippen LogP contribution in [0.2, 0.25) is 0 Å². The third kappa shape index (κ3) is 3.48. The Bertz CT molecular complexity index is 1280. The summed E-state index contributed by atoms with van der Waals surface area (Å²) in [7, 11) is 0. The fourth-order valence-corrected chi connectivity index (χ4v) is 5.09. The molecule has 1 aliphatic carbocycles. The van der Waals surface area contributed by atoms with Gasteiger partial charge >= 0.3 is 0 Å². The summed E-state index contributed by atoms with van der Waals surface area (Å²) in [5.41, 5.74) is 5.41. The number of amides is 1. The maximum absolute atomic E-state index is 13.8. The van der Waals surface area contributed by atoms with Crippen LogP contribution >= 0.6 is 0 Å². The van der Waals surface area contributed by atoms with Crippen molar-refractivity contribution < 1.29 is 4.79 Å². The van der Waals surface area contributed by atoms with E-state index in [1.165, 1.54) is 0 Å². The van der Waals surface area contributed by atoms with Crippen molar-refractivity contribution in [1.82, 2.24) is 19.7 Å². The van der Waals surface area contributed by atoms with Crippen molar-refractivity contribution in [1.29, 1.82) is 0 Å². The number of nitrogens with zero attached hydrogens (tertiary/aromatic N) is 4. The van der Waals surface area contributed by atoms with Crippen LogP contribution in [0, 0.1) is 0 Å². The van der Waals surface area contributed by atoms with E-state index in [2.05, 4.69) is 21.4 Å². The Morgan fingerprint density at radius 2 is 1.61 bits per heavy atom. The molecule has 1 amide bonds. The average Bonchev–Trinajstić information content (AvgIpc) is 3.56. The summed E-state index contributed by atoms with van der Waals surface area (Å²) in [6.07, 6.45) is 9.70. The van der Waals surface area contributed by atoms with Crippen LogP contribution in [0.3, 0.4) is 0 Å². The fourth-order valence-electron chi connectivity index (χ4n) is 5.09. The largest absolute Gasteiger partial charge is 0.361 e. The van der Waals surface area contributed by atoms with Gasteiger partial charge in [-0.3, -0.25) is 9.78 Å². The van der Waals surface area contributed by atoms with Gasteiger partial charge in [0, 0.05) is 41.4 Å². The van der Waals surface area contributed by atoms with Crippen molar-refractivity contribution in [3.63, 3.8) is 0 Å². The number of anilines is 1. The molecule has 3 heterocycles. The van der Waals surface area contributed by atoms with Gasteiger partial charge in [0.15, 0.2) is 0 Å². The van der Waals surface area contributed by atoms with Gasteiger partial charge in [-0.15, -0.1) is 0 Å². The minimum Gasteiger partial charge on any atom is -0.361 e. The molecule has 2 aromatic carbocycles. The number of fused-ring (bicyclic) bond motifs is 1. The number of pyridine rings is 1. The first kappa shape index (κ1) is 19.7. The van der Waals surface area contributed by atoms with Crippen molar-refractivity contribution in [2.45, 2.75) is 37.9 Å². The topological polar surface area (TPSA) is 63.1 Å². The van der Waals surface area contributed by atoms with Gasteiger partial charge in [-0.1, -0.05) is 43.2 Å². The van der Waals surface area contributed by atoms with Crippen molar-refractivity contribution in [3.05, 3.63) is 96.4 Å². The highest BCUT2D eigenvalue weighted by Crippen LogP contribution is 2.41. The Hall–Kier alpha value is -3.93. The molecule has 4 aromatic rings. The molecule has 33 heavy (non-hydrogen) atoms. The van der Waals surface area contributed by atoms with Gasteiger partial charge in [-0.2, -0.15) is 5.10 Å². The minimum absolute atomic E-state index is 0.0920. The summed E-state index contributed by atoms with van der Waals surface area (Å²) in [4.78, 5) is 20.0. The van der Waals surface area contributed by atoms with Crippen molar-refractivity contribution in [2.75, 3.05) is 5.32 Å². The number of benzene rings is 2. The molecule has 6 nitrogen and oxygen atoms in total. The first-order chi connectivity index (χ1) is 16.3. The summed E-state index contributed by atoms with van der Waals surface area (Å²) in [5.74, 6) is 0.0920. The lowest BCUT2D eigenvalue weighted by molar-refractivity contribution is 0.0585. The highest BCUT2D eigenvalue weighted by molar-refractivity contribution is 6.02. The van der Waals surface area contributed by atoms with E-state index in [1.54, 1.807) is 12.4 Å². The van der Waals surface area contributed by atoms with Gasteiger partial charge in [0.05, 0.1) is 16.9 Å². The molecule has 1 saturated carbocycles. The Morgan fingerprint density at radius 3 is 2.39 bits per heavy atom. The second kappa shape index (κ2) is 8.20. The molecular formula is C27H25N5O. The molecule has 0 radical (unpaired) electrons. The lowest BCUT2D eigenvalue weighted by atomic mass is 9.99. The van der Waals surface area contributed by atoms with Crippen LogP contribution in [0.1, 0.15) is 47.8 Å². The maximum Gasteiger partial charge on any atom is 0.258 e. The van der Waals surface area contributed by atoms with E-state index in [0.717, 1.165) is 59.4 Å². The van der Waals surface area contributed by atoms with Gasteiger partial charge in [0.1, 0.15) is 6.17 Å². The third-order valence-electron chi connectivity index (χ3n) is 6.69. The number of para-hydroxylation sites is 2. The van der Waals surface area contributed by atoms with Crippen LogP contribution in [0.15, 0.2) is 85.3 Å². The average molecular weight is 436 g/mol. The second-order valence-electron chi connectivity index (χ2n) is 8.69. The van der Waals surface area contributed by atoms with E-state index < -0.39 is 0 Å². The highest BCUT2D eigenvalue weighted by Gasteiger charge is 2.40. The molecule has 2 aliphatic rings. The molecular weight excluding hydrogens is 410 g/mol. The van der Waals surface area contributed by atoms with Crippen LogP contribution in [-0.4, -0.2) is 31.6 Å². The van der Waals surface area contributed by atoms with Gasteiger partial charge < -0.3 is 10.2 Å². The van der Waals surface area contributed by atoms with Crippen molar-refractivity contribution in [3.8, 4) is 16.9 Å². The summed E-state index contributed by atoms with van der Waals surface area (Å²) < 4.78 is 1.91. The Balaban J connectivity index is 1.53. The summed E-state index contributed by atoms with van der Waals surface area (Å²) >= 11 is 0. The zero-order valence-corrected chi connectivity index (χ0v) is 18.3. The van der Waals surface area contributed by atoms with Crippen LogP contribution < -0.4 is 5.32 Å². The summed E-state index contributed by atoms with van der Waals surface area (Å²) in [5, 5.41) is 8.66. The number of aromatic nitrogens is 3. The molecule has 6 heteroatoms. The molecule has 1 atom stereocenters. The standard InChI is InChI=1S/C27H25N5O/c33-27-22-12-6-7-13-24(22)29-26(32(27)21-10-4-5-11-21)23-18-31(20-8-2-1-3-9-20)30-25(23)19-14-16-28-17-15-19/h1-3,6-9,12-18,21,26,29H,4-5,10-11H2/t26-/m0/s1. The zero-order chi connectivity index (χ0) is 22.2. The molecule has 0 bridgehead atoms. The lowest BCUT2D eigenvalue weighted by Crippen LogP contribution is -2.47. The summed E-state index contributed by atoms with van der Waals surface area (Å²) in [6, 6.07) is 22.1. The van der Waals surface area contributed by atoms with E-state index in [4.69, 9.17) is 5.10 Å². The molecule has 1 fully saturated rings. The van der Waals surface area contributed by atoms with E-state index in [0.29, 0.717) is 0 Å². The first-order valence-corrected chi connectivity index (χ1v) is 11.5. The minimum atomic E-state index is -0.295. The van der Waals surface area contributed by atoms with E-state index in [9.17, 15) is 4.79 Å². The molecule has 0 spiro atoms. The highest BCUT2D eigenvalue weighted by atomic mass is 16.2. The van der Waals surface area contributed by atoms with Gasteiger partial charge in [-0.05, 0) is 49.2 Å². The normalized spacial score (nSPS) is 18.2. The molecule has 1 aliphatic heterocycles. The lowest BCUT2D eigenvalue weighted by Gasteiger charge is -2.41. The third-order valence-corrected chi connectivity index (χ3v) is 6.69. The summed E-state index contributed by atoms with van der Waals surface area (Å²) in [6.45, 7) is 0. The molecule has 6 rings (SSSR count). The first-order valence-electron chi connectivity index (χ1n) is 11.5. The van der Waals surface area contributed by atoms with Crippen molar-refractivity contribution >= 4 is 11.6 Å². The number of hydrogen-bond acceptors (Lipinski definition) is 4. The SMILES string of the molecule is O=C1c2ccccc2N[C@H](c2cn(-c3ccccc3)nc2-c2ccncc2)N1C1CCCC1. The number of rotatable bonds is 4. The molecule has 0 unspecified atom stereocenters. The number of carbonyl (C=O) groups excluding carboxylic acids is 1. The predicted octanol–water partition coefficient (Wildman–Crippen LogP) is 5.44. The number of nitrogens with one attached hydrogen (secondary N) is 1. The molecule has 1 N–H and O–H groups in total. The van der Waals surface area contributed by atoms with Crippen LogP contribution in [0.5, 0.6) is 0 Å². The van der Waals surface area contributed by atoms with E-state index in [-0.39, 0.29) is 18.1 Å². The van der Waals surface area contributed by atoms with Crippen LogP contribution in [-0.2, 0) is 0 Å². The molecule has 0 saturated heterocycles. The van der Waals surface area contributed by atoms with Crippen LogP contribution in [0.4, 0.5) is 5.69 Å². The van der Waals surface area contributed by atoms with E-state index in [1.807, 2.05) is 71.4 Å². The number of carbonyl (C=O) groups is 1. The van der Waals surface area contributed by atoms with Gasteiger partial charge in [0.25, 0.3) is 5.91 Å². The van der Waals surface area contributed by atoms with Crippen molar-refractivity contribution in [2.24, 2.45) is 0 Å². The molecule has 2 aromatic heterocycles. The second-order valence-corrected chi connectivity index (χ2v) is 8.69. The smallest absolute Gasteiger partial charge is 0.258 e. The predicted molar refractivity (Wildman–Crippen MR) is 128 cm³/mol. The Labute approximate surface area is 192 Å². The monoisotopic (exact) mass is 435 g/mol. The number of hydrogen-bond donors (Lipinski definition) is 1. The van der Waals surface area contributed by atoms with Crippen LogP contribution in [0.25, 0.3) is 16.9 Å². The van der Waals surface area contributed by atoms with E-state index >= 15 is 0 Å².